The maximum Gasteiger partial charge on any atom is 0.433 e. The summed E-state index contributed by atoms with van der Waals surface area (Å²) < 4.78 is 39.0. The molecule has 0 atom stereocenters. The van der Waals surface area contributed by atoms with Gasteiger partial charge in [-0.1, -0.05) is 0 Å². The first-order valence-corrected chi connectivity index (χ1v) is 8.09. The van der Waals surface area contributed by atoms with Crippen LogP contribution in [0.2, 0.25) is 0 Å². The molecule has 2 aromatic heterocycles. The largest absolute Gasteiger partial charge is 0.433 e. The van der Waals surface area contributed by atoms with Gasteiger partial charge in [0.25, 0.3) is 0 Å². The summed E-state index contributed by atoms with van der Waals surface area (Å²) in [6.07, 6.45) is 1.32. The molecule has 0 aliphatic carbocycles. The first kappa shape index (κ1) is 16.9. The number of piperidine rings is 1. The zero-order chi connectivity index (χ0) is 17.2. The number of anilines is 2. The third kappa shape index (κ3) is 4.11. The van der Waals surface area contributed by atoms with Gasteiger partial charge in [-0.25, -0.2) is 19.9 Å². The fourth-order valence-electron chi connectivity index (χ4n) is 2.50. The number of rotatable bonds is 3. The Labute approximate surface area is 144 Å². The molecular weight excluding hydrogens is 389 g/mol. The monoisotopic (exact) mass is 402 g/mol. The van der Waals surface area contributed by atoms with Crippen molar-refractivity contribution in [1.29, 1.82) is 0 Å². The second-order valence-electron chi connectivity index (χ2n) is 5.39. The molecular formula is C14H14BrF3N6. The van der Waals surface area contributed by atoms with Crippen molar-refractivity contribution in [2.45, 2.75) is 25.1 Å². The number of alkyl halides is 3. The van der Waals surface area contributed by atoms with Crippen LogP contribution in [0.4, 0.5) is 24.9 Å². The minimum Gasteiger partial charge on any atom is -0.356 e. The molecule has 0 saturated carbocycles. The smallest absolute Gasteiger partial charge is 0.356 e. The number of nitrogens with zero attached hydrogens (tertiary/aromatic N) is 5. The lowest BCUT2D eigenvalue weighted by molar-refractivity contribution is -0.141. The fraction of sp³-hybridized carbons (Fsp3) is 0.429. The van der Waals surface area contributed by atoms with E-state index < -0.39 is 11.9 Å². The van der Waals surface area contributed by atoms with Gasteiger partial charge < -0.3 is 10.2 Å². The number of nitrogens with one attached hydrogen (secondary N) is 1. The third-order valence-electron chi connectivity index (χ3n) is 3.72. The van der Waals surface area contributed by atoms with E-state index in [1.807, 2.05) is 4.90 Å². The van der Waals surface area contributed by atoms with Gasteiger partial charge in [0, 0.05) is 37.6 Å². The van der Waals surface area contributed by atoms with Crippen LogP contribution < -0.4 is 10.2 Å². The molecule has 0 radical (unpaired) electrons. The van der Waals surface area contributed by atoms with Gasteiger partial charge in [-0.3, -0.25) is 0 Å². The molecule has 3 rings (SSSR count). The minimum absolute atomic E-state index is 0.173. The van der Waals surface area contributed by atoms with Gasteiger partial charge in [0.15, 0.2) is 0 Å². The lowest BCUT2D eigenvalue weighted by atomic mass is 10.1. The molecule has 1 aliphatic rings. The summed E-state index contributed by atoms with van der Waals surface area (Å²) in [6, 6.07) is 1.16. The zero-order valence-electron chi connectivity index (χ0n) is 12.5. The van der Waals surface area contributed by atoms with E-state index in [1.54, 1.807) is 12.4 Å². The van der Waals surface area contributed by atoms with Crippen LogP contribution in [0.3, 0.4) is 0 Å². The second kappa shape index (κ2) is 6.88. The summed E-state index contributed by atoms with van der Waals surface area (Å²) in [5.74, 6) is 0.841. The van der Waals surface area contributed by atoms with E-state index in [2.05, 4.69) is 41.2 Å². The van der Waals surface area contributed by atoms with Crippen molar-refractivity contribution in [2.24, 2.45) is 0 Å². The molecule has 0 unspecified atom stereocenters. The van der Waals surface area contributed by atoms with E-state index in [4.69, 9.17) is 0 Å². The first-order chi connectivity index (χ1) is 11.4. The number of aromatic nitrogens is 4. The Balaban J connectivity index is 1.60. The molecule has 6 nitrogen and oxygen atoms in total. The van der Waals surface area contributed by atoms with Crippen LogP contribution in [0.15, 0.2) is 29.3 Å². The maximum atomic E-state index is 12.7. The van der Waals surface area contributed by atoms with Crippen LogP contribution in [0.25, 0.3) is 0 Å². The predicted octanol–water partition coefficient (Wildman–Crippen LogP) is 3.13. The molecule has 1 N–H and O–H groups in total. The second-order valence-corrected chi connectivity index (χ2v) is 6.31. The number of hydrogen-bond acceptors (Lipinski definition) is 6. The summed E-state index contributed by atoms with van der Waals surface area (Å²) >= 11 is 3.27. The SMILES string of the molecule is FC(F)(F)c1cc(N2CCC(Nc3ncc(Br)cn3)CC2)ncn1. The van der Waals surface area contributed by atoms with E-state index in [-0.39, 0.29) is 6.04 Å². The predicted molar refractivity (Wildman–Crippen MR) is 85.6 cm³/mol. The normalized spacial score (nSPS) is 16.2. The molecule has 0 bridgehead atoms. The Bertz CT molecular complexity index is 686. The molecule has 3 heterocycles. The van der Waals surface area contributed by atoms with Gasteiger partial charge in [-0.2, -0.15) is 13.2 Å². The first-order valence-electron chi connectivity index (χ1n) is 7.30. The Morgan fingerprint density at radius 3 is 2.38 bits per heavy atom. The zero-order valence-corrected chi connectivity index (χ0v) is 14.0. The lowest BCUT2D eigenvalue weighted by Crippen LogP contribution is -2.40. The van der Waals surface area contributed by atoms with Gasteiger partial charge in [-0.15, -0.1) is 0 Å². The Morgan fingerprint density at radius 1 is 1.08 bits per heavy atom. The highest BCUT2D eigenvalue weighted by Gasteiger charge is 2.33. The minimum atomic E-state index is -4.46. The Hall–Kier alpha value is -1.97. The molecule has 1 fully saturated rings. The molecule has 2 aromatic rings. The van der Waals surface area contributed by atoms with Crippen molar-refractivity contribution >= 4 is 27.7 Å². The Kier molecular flexibility index (Phi) is 4.83. The highest BCUT2D eigenvalue weighted by Crippen LogP contribution is 2.29. The van der Waals surface area contributed by atoms with Crippen LogP contribution >= 0.6 is 15.9 Å². The fourth-order valence-corrected chi connectivity index (χ4v) is 2.70. The standard InChI is InChI=1S/C14H14BrF3N6/c15-9-6-19-13(20-7-9)23-10-1-3-24(4-2-10)12-5-11(14(16,17)18)21-8-22-12/h5-8,10H,1-4H2,(H,19,20,23). The van der Waals surface area contributed by atoms with Gasteiger partial charge in [0.1, 0.15) is 17.8 Å². The van der Waals surface area contributed by atoms with E-state index >= 15 is 0 Å². The molecule has 1 saturated heterocycles. The molecule has 128 valence electrons. The van der Waals surface area contributed by atoms with Crippen molar-refractivity contribution < 1.29 is 13.2 Å². The van der Waals surface area contributed by atoms with Crippen LogP contribution in [0.5, 0.6) is 0 Å². The van der Waals surface area contributed by atoms with Crippen LogP contribution in [-0.2, 0) is 6.18 Å². The summed E-state index contributed by atoms with van der Waals surface area (Å²) in [5.41, 5.74) is -0.920. The molecule has 0 amide bonds. The molecule has 1 aliphatic heterocycles. The van der Waals surface area contributed by atoms with E-state index in [9.17, 15) is 13.2 Å². The van der Waals surface area contributed by atoms with Crippen LogP contribution in [0, 0.1) is 0 Å². The summed E-state index contributed by atoms with van der Waals surface area (Å²) in [4.78, 5) is 17.4. The van der Waals surface area contributed by atoms with Gasteiger partial charge >= 0.3 is 6.18 Å². The molecule has 24 heavy (non-hydrogen) atoms. The summed E-state index contributed by atoms with van der Waals surface area (Å²) in [5, 5.41) is 3.23. The van der Waals surface area contributed by atoms with Gasteiger partial charge in [-0.05, 0) is 28.8 Å². The average molecular weight is 403 g/mol. The molecule has 10 heteroatoms. The van der Waals surface area contributed by atoms with Crippen molar-refractivity contribution in [3.05, 3.63) is 35.0 Å². The van der Waals surface area contributed by atoms with Crippen molar-refractivity contribution in [3.63, 3.8) is 0 Å². The summed E-state index contributed by atoms with van der Waals surface area (Å²) in [6.45, 7) is 1.20. The van der Waals surface area contributed by atoms with E-state index in [1.165, 1.54) is 0 Å². The quantitative estimate of drug-likeness (QED) is 0.850. The lowest BCUT2D eigenvalue weighted by Gasteiger charge is -2.33. The number of hydrogen-bond donors (Lipinski definition) is 1. The summed E-state index contributed by atoms with van der Waals surface area (Å²) in [7, 11) is 0. The van der Waals surface area contributed by atoms with E-state index in [0.717, 1.165) is 29.7 Å². The third-order valence-corrected chi connectivity index (χ3v) is 4.13. The molecule has 0 spiro atoms. The Morgan fingerprint density at radius 2 is 1.75 bits per heavy atom. The van der Waals surface area contributed by atoms with Crippen LogP contribution in [-0.4, -0.2) is 39.1 Å². The van der Waals surface area contributed by atoms with Crippen molar-refractivity contribution in [2.75, 3.05) is 23.3 Å². The topological polar surface area (TPSA) is 66.8 Å². The van der Waals surface area contributed by atoms with Crippen molar-refractivity contribution in [3.8, 4) is 0 Å². The van der Waals surface area contributed by atoms with Crippen molar-refractivity contribution in [1.82, 2.24) is 19.9 Å². The highest BCUT2D eigenvalue weighted by molar-refractivity contribution is 9.10. The average Bonchev–Trinajstić information content (AvgIpc) is 2.57. The molecule has 0 aromatic carbocycles. The van der Waals surface area contributed by atoms with E-state index in [0.29, 0.717) is 24.9 Å². The van der Waals surface area contributed by atoms with Gasteiger partial charge in [0.05, 0.1) is 4.47 Å². The maximum absolute atomic E-state index is 12.7. The van der Waals surface area contributed by atoms with Gasteiger partial charge in [0.2, 0.25) is 5.95 Å². The van der Waals surface area contributed by atoms with Crippen LogP contribution in [0.1, 0.15) is 18.5 Å². The number of halogens is 4. The highest BCUT2D eigenvalue weighted by atomic mass is 79.9.